The molecule has 1 aromatic carbocycles. The lowest BCUT2D eigenvalue weighted by Crippen LogP contribution is -2.35. The molecule has 4 heteroatoms. The third-order valence-corrected chi connectivity index (χ3v) is 3.67. The molecule has 0 bridgehead atoms. The van der Waals surface area contributed by atoms with Crippen molar-refractivity contribution in [3.8, 4) is 0 Å². The predicted octanol–water partition coefficient (Wildman–Crippen LogP) is 1.75. The van der Waals surface area contributed by atoms with Crippen LogP contribution in [0.15, 0.2) is 24.3 Å². The van der Waals surface area contributed by atoms with E-state index in [-0.39, 0.29) is 5.91 Å². The topological polar surface area (TPSA) is 50.4 Å². The standard InChI is InChI=1S/C16H24N2O2/c1-2-13-5-3-4-6-15(13)16(19)18-11-12-20-14-7-9-17-10-8-14/h3-6,14,17H,2,7-12H2,1H3,(H,18,19). The van der Waals surface area contributed by atoms with Gasteiger partial charge in [-0.3, -0.25) is 4.79 Å². The normalized spacial score (nSPS) is 16.1. The van der Waals surface area contributed by atoms with Crippen LogP contribution >= 0.6 is 0 Å². The maximum Gasteiger partial charge on any atom is 0.251 e. The zero-order valence-corrected chi connectivity index (χ0v) is 12.2. The van der Waals surface area contributed by atoms with E-state index >= 15 is 0 Å². The van der Waals surface area contributed by atoms with E-state index in [2.05, 4.69) is 17.6 Å². The number of piperidine rings is 1. The molecular weight excluding hydrogens is 252 g/mol. The first kappa shape index (κ1) is 15.0. The first-order valence-electron chi connectivity index (χ1n) is 7.49. The fourth-order valence-corrected chi connectivity index (χ4v) is 2.50. The zero-order chi connectivity index (χ0) is 14.2. The Morgan fingerprint density at radius 3 is 2.85 bits per heavy atom. The van der Waals surface area contributed by atoms with Crippen molar-refractivity contribution in [3.63, 3.8) is 0 Å². The second kappa shape index (κ2) is 8.02. The smallest absolute Gasteiger partial charge is 0.251 e. The highest BCUT2D eigenvalue weighted by atomic mass is 16.5. The average molecular weight is 276 g/mol. The number of aryl methyl sites for hydroxylation is 1. The molecule has 0 spiro atoms. The Labute approximate surface area is 120 Å². The van der Waals surface area contributed by atoms with Crippen molar-refractivity contribution in [2.24, 2.45) is 0 Å². The molecule has 0 radical (unpaired) electrons. The second-order valence-electron chi connectivity index (χ2n) is 5.09. The van der Waals surface area contributed by atoms with Crippen LogP contribution in [0.4, 0.5) is 0 Å². The lowest BCUT2D eigenvalue weighted by atomic mass is 10.0. The fraction of sp³-hybridized carbons (Fsp3) is 0.562. The van der Waals surface area contributed by atoms with Gasteiger partial charge in [0.15, 0.2) is 0 Å². The molecule has 2 N–H and O–H groups in total. The van der Waals surface area contributed by atoms with Gasteiger partial charge in [0.1, 0.15) is 0 Å². The lowest BCUT2D eigenvalue weighted by Gasteiger charge is -2.23. The maximum atomic E-state index is 12.1. The summed E-state index contributed by atoms with van der Waals surface area (Å²) in [6, 6.07) is 7.75. The molecule has 0 atom stereocenters. The summed E-state index contributed by atoms with van der Waals surface area (Å²) in [6.07, 6.45) is 3.34. The van der Waals surface area contributed by atoms with Crippen LogP contribution in [0.3, 0.4) is 0 Å². The predicted molar refractivity (Wildman–Crippen MR) is 80.0 cm³/mol. The molecule has 1 heterocycles. The Morgan fingerprint density at radius 1 is 1.35 bits per heavy atom. The van der Waals surface area contributed by atoms with Crippen LogP contribution in [-0.4, -0.2) is 38.3 Å². The van der Waals surface area contributed by atoms with Crippen LogP contribution in [0, 0.1) is 0 Å². The Bertz CT molecular complexity index is 428. The third-order valence-electron chi connectivity index (χ3n) is 3.67. The minimum Gasteiger partial charge on any atom is -0.376 e. The number of nitrogens with one attached hydrogen (secondary N) is 2. The first-order valence-corrected chi connectivity index (χ1v) is 7.49. The fourth-order valence-electron chi connectivity index (χ4n) is 2.50. The average Bonchev–Trinajstić information content (AvgIpc) is 2.52. The van der Waals surface area contributed by atoms with Gasteiger partial charge in [-0.25, -0.2) is 0 Å². The number of benzene rings is 1. The number of hydrogen-bond donors (Lipinski definition) is 2. The highest BCUT2D eigenvalue weighted by Crippen LogP contribution is 2.09. The third kappa shape index (κ3) is 4.32. The van der Waals surface area contributed by atoms with Gasteiger partial charge in [-0.15, -0.1) is 0 Å². The first-order chi connectivity index (χ1) is 9.81. The van der Waals surface area contributed by atoms with Gasteiger partial charge in [0.2, 0.25) is 0 Å². The van der Waals surface area contributed by atoms with E-state index in [1.54, 1.807) is 0 Å². The van der Waals surface area contributed by atoms with Gasteiger partial charge in [-0.2, -0.15) is 0 Å². The molecule has 20 heavy (non-hydrogen) atoms. The van der Waals surface area contributed by atoms with E-state index in [0.717, 1.165) is 43.5 Å². The Kier molecular flexibility index (Phi) is 6.02. The van der Waals surface area contributed by atoms with Crippen molar-refractivity contribution in [2.45, 2.75) is 32.3 Å². The van der Waals surface area contributed by atoms with E-state index in [1.807, 2.05) is 24.3 Å². The van der Waals surface area contributed by atoms with Crippen LogP contribution in [-0.2, 0) is 11.2 Å². The number of amides is 1. The van der Waals surface area contributed by atoms with Gasteiger partial charge in [0.25, 0.3) is 5.91 Å². The van der Waals surface area contributed by atoms with E-state index in [9.17, 15) is 4.79 Å². The summed E-state index contributed by atoms with van der Waals surface area (Å²) in [6.45, 7) is 5.28. The lowest BCUT2D eigenvalue weighted by molar-refractivity contribution is 0.0343. The second-order valence-corrected chi connectivity index (χ2v) is 5.09. The summed E-state index contributed by atoms with van der Waals surface area (Å²) in [5.74, 6) is -0.00337. The summed E-state index contributed by atoms with van der Waals surface area (Å²) < 4.78 is 5.77. The van der Waals surface area contributed by atoms with Crippen molar-refractivity contribution >= 4 is 5.91 Å². The molecule has 1 saturated heterocycles. The largest absolute Gasteiger partial charge is 0.376 e. The molecule has 1 amide bonds. The molecule has 0 saturated carbocycles. The molecule has 1 fully saturated rings. The zero-order valence-electron chi connectivity index (χ0n) is 12.2. The van der Waals surface area contributed by atoms with Gasteiger partial charge < -0.3 is 15.4 Å². The number of carbonyl (C=O) groups excluding carboxylic acids is 1. The minimum atomic E-state index is -0.00337. The number of carbonyl (C=O) groups is 1. The summed E-state index contributed by atoms with van der Waals surface area (Å²) >= 11 is 0. The maximum absolute atomic E-state index is 12.1. The molecule has 110 valence electrons. The quantitative estimate of drug-likeness (QED) is 0.778. The number of ether oxygens (including phenoxy) is 1. The van der Waals surface area contributed by atoms with E-state index < -0.39 is 0 Å². The molecule has 2 rings (SSSR count). The van der Waals surface area contributed by atoms with E-state index in [4.69, 9.17) is 4.74 Å². The summed E-state index contributed by atoms with van der Waals surface area (Å²) in [4.78, 5) is 12.1. The number of hydrogen-bond acceptors (Lipinski definition) is 3. The summed E-state index contributed by atoms with van der Waals surface area (Å²) in [5, 5.41) is 6.24. The van der Waals surface area contributed by atoms with Gasteiger partial charge in [0.05, 0.1) is 12.7 Å². The van der Waals surface area contributed by atoms with Crippen LogP contribution in [0.1, 0.15) is 35.7 Å². The SMILES string of the molecule is CCc1ccccc1C(=O)NCCOC1CCNCC1. The molecule has 1 aliphatic heterocycles. The Hall–Kier alpha value is -1.39. The molecule has 1 aliphatic rings. The van der Waals surface area contributed by atoms with Gasteiger partial charge >= 0.3 is 0 Å². The Morgan fingerprint density at radius 2 is 2.10 bits per heavy atom. The van der Waals surface area contributed by atoms with Crippen LogP contribution in [0.25, 0.3) is 0 Å². The van der Waals surface area contributed by atoms with E-state index in [1.165, 1.54) is 0 Å². The Balaban J connectivity index is 1.72. The highest BCUT2D eigenvalue weighted by Gasteiger charge is 2.13. The van der Waals surface area contributed by atoms with Gasteiger partial charge in [-0.05, 0) is 44.0 Å². The summed E-state index contributed by atoms with van der Waals surface area (Å²) in [5.41, 5.74) is 1.86. The molecular formula is C16H24N2O2. The molecule has 0 unspecified atom stereocenters. The van der Waals surface area contributed by atoms with E-state index in [0.29, 0.717) is 19.3 Å². The molecule has 0 aliphatic carbocycles. The van der Waals surface area contributed by atoms with Crippen LogP contribution in [0.5, 0.6) is 0 Å². The van der Waals surface area contributed by atoms with Gasteiger partial charge in [-0.1, -0.05) is 25.1 Å². The van der Waals surface area contributed by atoms with Crippen molar-refractivity contribution in [2.75, 3.05) is 26.2 Å². The highest BCUT2D eigenvalue weighted by molar-refractivity contribution is 5.95. The molecule has 1 aromatic rings. The molecule has 0 aromatic heterocycles. The molecule has 4 nitrogen and oxygen atoms in total. The van der Waals surface area contributed by atoms with Gasteiger partial charge in [0, 0.05) is 12.1 Å². The van der Waals surface area contributed by atoms with Crippen molar-refractivity contribution in [3.05, 3.63) is 35.4 Å². The van der Waals surface area contributed by atoms with Crippen molar-refractivity contribution in [1.29, 1.82) is 0 Å². The van der Waals surface area contributed by atoms with Crippen LogP contribution < -0.4 is 10.6 Å². The number of rotatable bonds is 6. The summed E-state index contributed by atoms with van der Waals surface area (Å²) in [7, 11) is 0. The minimum absolute atomic E-state index is 0.00337. The van der Waals surface area contributed by atoms with Crippen LogP contribution in [0.2, 0.25) is 0 Å². The monoisotopic (exact) mass is 276 g/mol. The van der Waals surface area contributed by atoms with Crippen molar-refractivity contribution in [1.82, 2.24) is 10.6 Å². The van der Waals surface area contributed by atoms with Crippen molar-refractivity contribution < 1.29 is 9.53 Å².